The molecule has 0 heterocycles. The van der Waals surface area contributed by atoms with E-state index in [1.807, 2.05) is 32.9 Å². The highest BCUT2D eigenvalue weighted by molar-refractivity contribution is 5.49. The molecule has 0 bridgehead atoms. The second kappa shape index (κ2) is 6.44. The zero-order chi connectivity index (χ0) is 14.5. The second-order valence-electron chi connectivity index (χ2n) is 5.00. The Kier molecular flexibility index (Phi) is 5.20. The van der Waals surface area contributed by atoms with Gasteiger partial charge in [-0.2, -0.15) is 5.26 Å². The maximum Gasteiger partial charge on any atom is 0.128 e. The Bertz CT molecular complexity index is 476. The fourth-order valence-electron chi connectivity index (χ4n) is 1.98. The van der Waals surface area contributed by atoms with Crippen molar-refractivity contribution in [3.63, 3.8) is 0 Å². The van der Waals surface area contributed by atoms with Crippen LogP contribution in [0.25, 0.3) is 0 Å². The molecule has 1 aromatic carbocycles. The fourth-order valence-corrected chi connectivity index (χ4v) is 1.98. The van der Waals surface area contributed by atoms with Gasteiger partial charge < -0.3 is 9.47 Å². The molecule has 4 heteroatoms. The zero-order valence-electron chi connectivity index (χ0n) is 12.3. The van der Waals surface area contributed by atoms with Gasteiger partial charge in [-0.05, 0) is 38.8 Å². The summed E-state index contributed by atoms with van der Waals surface area (Å²) in [4.78, 5) is 0. The van der Waals surface area contributed by atoms with Gasteiger partial charge in [0.15, 0.2) is 0 Å². The molecule has 0 fully saturated rings. The lowest BCUT2D eigenvalue weighted by Gasteiger charge is -2.19. The maximum atomic E-state index is 8.95. The van der Waals surface area contributed by atoms with Gasteiger partial charge in [-0.15, -0.1) is 0 Å². The fraction of sp³-hybridized carbons (Fsp3) is 0.533. The minimum atomic E-state index is -0.505. The number of benzene rings is 1. The molecule has 0 saturated carbocycles. The van der Waals surface area contributed by atoms with Gasteiger partial charge in [0.1, 0.15) is 17.0 Å². The van der Waals surface area contributed by atoms with Crippen LogP contribution in [-0.2, 0) is 6.42 Å². The summed E-state index contributed by atoms with van der Waals surface area (Å²) in [5.74, 6) is 1.68. The number of nitriles is 1. The van der Waals surface area contributed by atoms with Crippen molar-refractivity contribution in [1.82, 2.24) is 5.32 Å². The van der Waals surface area contributed by atoms with Crippen molar-refractivity contribution in [3.05, 3.63) is 23.3 Å². The van der Waals surface area contributed by atoms with Crippen LogP contribution >= 0.6 is 0 Å². The molecule has 0 amide bonds. The van der Waals surface area contributed by atoms with E-state index in [2.05, 4.69) is 11.4 Å². The monoisotopic (exact) mass is 262 g/mol. The van der Waals surface area contributed by atoms with E-state index >= 15 is 0 Å². The van der Waals surface area contributed by atoms with Crippen molar-refractivity contribution in [3.8, 4) is 17.6 Å². The van der Waals surface area contributed by atoms with E-state index in [9.17, 15) is 0 Å². The van der Waals surface area contributed by atoms with E-state index in [1.165, 1.54) is 0 Å². The molecular formula is C15H22N2O2. The first kappa shape index (κ1) is 15.3. The summed E-state index contributed by atoms with van der Waals surface area (Å²) in [6.07, 6.45) is 0.805. The van der Waals surface area contributed by atoms with Crippen molar-refractivity contribution < 1.29 is 9.47 Å². The summed E-state index contributed by atoms with van der Waals surface area (Å²) in [5.41, 5.74) is 1.61. The van der Waals surface area contributed by atoms with Crippen LogP contribution < -0.4 is 14.8 Å². The molecule has 0 atom stereocenters. The highest BCUT2D eigenvalue weighted by Gasteiger charge is 2.16. The lowest BCUT2D eigenvalue weighted by molar-refractivity contribution is 0.384. The summed E-state index contributed by atoms with van der Waals surface area (Å²) >= 11 is 0. The number of rotatable bonds is 6. The maximum absolute atomic E-state index is 8.95. The van der Waals surface area contributed by atoms with E-state index in [0.717, 1.165) is 35.6 Å². The van der Waals surface area contributed by atoms with Crippen molar-refractivity contribution in [2.45, 2.75) is 32.7 Å². The van der Waals surface area contributed by atoms with Gasteiger partial charge in [-0.3, -0.25) is 5.32 Å². The van der Waals surface area contributed by atoms with Gasteiger partial charge in [0, 0.05) is 12.1 Å². The second-order valence-corrected chi connectivity index (χ2v) is 5.00. The van der Waals surface area contributed by atoms with E-state index in [1.54, 1.807) is 14.2 Å². The van der Waals surface area contributed by atoms with Crippen molar-refractivity contribution in [2.75, 3.05) is 20.8 Å². The number of methoxy groups -OCH3 is 2. The lowest BCUT2D eigenvalue weighted by atomic mass is 10.0. The number of ether oxygens (including phenoxy) is 2. The van der Waals surface area contributed by atoms with Gasteiger partial charge in [-0.1, -0.05) is 6.07 Å². The average Bonchev–Trinajstić information content (AvgIpc) is 2.39. The molecule has 4 nitrogen and oxygen atoms in total. The Morgan fingerprint density at radius 3 is 2.47 bits per heavy atom. The van der Waals surface area contributed by atoms with Crippen molar-refractivity contribution >= 4 is 0 Å². The standard InChI is InChI=1S/C15H22N2O2/c1-11-13(18-4)7-6-12(14(11)19-5)8-9-17-15(2,3)10-16/h6-7,17H,8-9H2,1-5H3. The molecule has 1 N–H and O–H groups in total. The quantitative estimate of drug-likeness (QED) is 0.855. The van der Waals surface area contributed by atoms with Gasteiger partial charge in [0.2, 0.25) is 0 Å². The third-order valence-corrected chi connectivity index (χ3v) is 3.10. The first-order valence-corrected chi connectivity index (χ1v) is 6.32. The molecule has 0 aliphatic carbocycles. The Labute approximate surface area is 115 Å². The third kappa shape index (κ3) is 3.87. The molecule has 0 aromatic heterocycles. The SMILES string of the molecule is COc1ccc(CCNC(C)(C)C#N)c(OC)c1C. The zero-order valence-corrected chi connectivity index (χ0v) is 12.3. The Morgan fingerprint density at radius 1 is 1.26 bits per heavy atom. The van der Waals surface area contributed by atoms with Crippen LogP contribution in [0, 0.1) is 18.3 Å². The molecule has 104 valence electrons. The van der Waals surface area contributed by atoms with Crippen LogP contribution in [0.3, 0.4) is 0 Å². The highest BCUT2D eigenvalue weighted by atomic mass is 16.5. The van der Waals surface area contributed by atoms with E-state index < -0.39 is 5.54 Å². The minimum absolute atomic E-state index is 0.505. The van der Waals surface area contributed by atoms with Gasteiger partial charge >= 0.3 is 0 Å². The number of hydrogen-bond acceptors (Lipinski definition) is 4. The van der Waals surface area contributed by atoms with Crippen molar-refractivity contribution in [1.29, 1.82) is 5.26 Å². The number of nitrogens with zero attached hydrogens (tertiary/aromatic N) is 1. The van der Waals surface area contributed by atoms with Gasteiger partial charge in [0.05, 0.1) is 20.3 Å². The molecule has 19 heavy (non-hydrogen) atoms. The summed E-state index contributed by atoms with van der Waals surface area (Å²) in [6, 6.07) is 6.18. The Hall–Kier alpha value is -1.73. The average molecular weight is 262 g/mol. The predicted octanol–water partition coefficient (Wildman–Crippen LogP) is 2.45. The van der Waals surface area contributed by atoms with E-state index in [0.29, 0.717) is 0 Å². The molecule has 0 aliphatic rings. The minimum Gasteiger partial charge on any atom is -0.496 e. The predicted molar refractivity (Wildman–Crippen MR) is 75.7 cm³/mol. The molecule has 0 unspecified atom stereocenters. The van der Waals surface area contributed by atoms with Crippen LogP contribution in [0.5, 0.6) is 11.5 Å². The van der Waals surface area contributed by atoms with E-state index in [4.69, 9.17) is 14.7 Å². The smallest absolute Gasteiger partial charge is 0.128 e. The summed E-state index contributed by atoms with van der Waals surface area (Å²) in [6.45, 7) is 6.43. The normalized spacial score (nSPS) is 10.9. The number of nitrogens with one attached hydrogen (secondary N) is 1. The largest absolute Gasteiger partial charge is 0.496 e. The lowest BCUT2D eigenvalue weighted by Crippen LogP contribution is -2.38. The molecule has 1 aromatic rings. The molecule has 1 rings (SSSR count). The number of hydrogen-bond donors (Lipinski definition) is 1. The van der Waals surface area contributed by atoms with Crippen LogP contribution in [0.1, 0.15) is 25.0 Å². The van der Waals surface area contributed by atoms with Crippen LogP contribution in [0.4, 0.5) is 0 Å². The van der Waals surface area contributed by atoms with Crippen LogP contribution in [0.15, 0.2) is 12.1 Å². The van der Waals surface area contributed by atoms with Gasteiger partial charge in [0.25, 0.3) is 0 Å². The third-order valence-electron chi connectivity index (χ3n) is 3.10. The topological polar surface area (TPSA) is 54.3 Å². The Morgan fingerprint density at radius 2 is 1.95 bits per heavy atom. The van der Waals surface area contributed by atoms with Crippen LogP contribution in [0.2, 0.25) is 0 Å². The molecule has 0 saturated heterocycles. The van der Waals surface area contributed by atoms with Gasteiger partial charge in [-0.25, -0.2) is 0 Å². The van der Waals surface area contributed by atoms with Crippen LogP contribution in [-0.4, -0.2) is 26.3 Å². The van der Waals surface area contributed by atoms with E-state index in [-0.39, 0.29) is 0 Å². The molecule has 0 aliphatic heterocycles. The summed E-state index contributed by atoms with van der Waals surface area (Å²) in [5, 5.41) is 12.2. The summed E-state index contributed by atoms with van der Waals surface area (Å²) < 4.78 is 10.7. The first-order valence-electron chi connectivity index (χ1n) is 6.32. The Balaban J connectivity index is 2.80. The summed E-state index contributed by atoms with van der Waals surface area (Å²) in [7, 11) is 3.32. The first-order chi connectivity index (χ1) is 8.95. The van der Waals surface area contributed by atoms with Crippen molar-refractivity contribution in [2.24, 2.45) is 0 Å². The molecule has 0 spiro atoms. The molecule has 0 radical (unpaired) electrons. The molecular weight excluding hydrogens is 240 g/mol. The highest BCUT2D eigenvalue weighted by Crippen LogP contribution is 2.31.